The number of rotatable bonds is 4. The van der Waals surface area contributed by atoms with Crippen LogP contribution in [0.25, 0.3) is 0 Å². The second kappa shape index (κ2) is 4.54. The van der Waals surface area contributed by atoms with Crippen molar-refractivity contribution in [2.75, 3.05) is 11.9 Å². The van der Waals surface area contributed by atoms with Crippen LogP contribution >= 0.6 is 0 Å². The zero-order valence-electron chi connectivity index (χ0n) is 7.13. The van der Waals surface area contributed by atoms with Gasteiger partial charge in [-0.1, -0.05) is 13.3 Å². The van der Waals surface area contributed by atoms with Gasteiger partial charge in [-0.3, -0.25) is 4.79 Å². The van der Waals surface area contributed by atoms with E-state index in [-0.39, 0.29) is 5.56 Å². The van der Waals surface area contributed by atoms with Crippen LogP contribution in [0.1, 0.15) is 19.8 Å². The van der Waals surface area contributed by atoms with Gasteiger partial charge < -0.3 is 5.32 Å². The summed E-state index contributed by atoms with van der Waals surface area (Å²) in [6.07, 6.45) is 3.85. The quantitative estimate of drug-likeness (QED) is 0.657. The van der Waals surface area contributed by atoms with Crippen molar-refractivity contribution in [3.8, 4) is 0 Å². The molecule has 0 aromatic carbocycles. The molecule has 0 aliphatic carbocycles. The van der Waals surface area contributed by atoms with Crippen LogP contribution in [0.3, 0.4) is 0 Å². The van der Waals surface area contributed by atoms with Gasteiger partial charge >= 0.3 is 0 Å². The summed E-state index contributed by atoms with van der Waals surface area (Å²) in [5.74, 6) is 0. The molecular formula is C8H13N3O. The van der Waals surface area contributed by atoms with E-state index in [1.807, 2.05) is 0 Å². The zero-order chi connectivity index (χ0) is 8.81. The van der Waals surface area contributed by atoms with Crippen LogP contribution in [-0.4, -0.2) is 16.7 Å². The van der Waals surface area contributed by atoms with E-state index in [9.17, 15) is 4.79 Å². The molecule has 1 aromatic heterocycles. The largest absolute Gasteiger partial charge is 0.384 e. The lowest BCUT2D eigenvalue weighted by Crippen LogP contribution is -2.09. The van der Waals surface area contributed by atoms with Gasteiger partial charge in [-0.05, 0) is 6.42 Å². The van der Waals surface area contributed by atoms with Gasteiger partial charge in [0.25, 0.3) is 5.56 Å². The lowest BCUT2D eigenvalue weighted by atomic mass is 10.3. The van der Waals surface area contributed by atoms with Crippen molar-refractivity contribution in [1.82, 2.24) is 10.2 Å². The summed E-state index contributed by atoms with van der Waals surface area (Å²) in [6, 6.07) is 1.50. The second-order valence-corrected chi connectivity index (χ2v) is 2.61. The first-order valence-corrected chi connectivity index (χ1v) is 4.11. The summed E-state index contributed by atoms with van der Waals surface area (Å²) in [6.45, 7) is 3.01. The number of unbranched alkanes of at least 4 members (excludes halogenated alkanes) is 1. The monoisotopic (exact) mass is 167 g/mol. The number of hydrogen-bond donors (Lipinski definition) is 2. The van der Waals surface area contributed by atoms with Crippen molar-refractivity contribution in [1.29, 1.82) is 0 Å². The minimum Gasteiger partial charge on any atom is -0.384 e. The number of nitrogens with zero attached hydrogens (tertiary/aromatic N) is 1. The molecule has 0 saturated carbocycles. The van der Waals surface area contributed by atoms with Gasteiger partial charge in [0.2, 0.25) is 0 Å². The predicted octanol–water partition coefficient (Wildman–Crippen LogP) is 0.982. The molecule has 12 heavy (non-hydrogen) atoms. The molecule has 0 atom stereocenters. The number of aromatic amines is 1. The van der Waals surface area contributed by atoms with Crippen molar-refractivity contribution < 1.29 is 0 Å². The number of nitrogens with one attached hydrogen (secondary N) is 2. The molecule has 4 heteroatoms. The third kappa shape index (κ3) is 2.74. The Labute approximate surface area is 71.0 Å². The van der Waals surface area contributed by atoms with Crippen LogP contribution in [0.15, 0.2) is 17.1 Å². The Morgan fingerprint density at radius 3 is 3.17 bits per heavy atom. The highest BCUT2D eigenvalue weighted by Gasteiger charge is 1.91. The fourth-order valence-corrected chi connectivity index (χ4v) is 0.882. The van der Waals surface area contributed by atoms with Gasteiger partial charge in [-0.15, -0.1) is 0 Å². The number of hydrogen-bond acceptors (Lipinski definition) is 3. The molecular weight excluding hydrogens is 154 g/mol. The van der Waals surface area contributed by atoms with E-state index in [0.717, 1.165) is 25.1 Å². The third-order valence-corrected chi connectivity index (χ3v) is 1.52. The van der Waals surface area contributed by atoms with Crippen LogP contribution in [0.2, 0.25) is 0 Å². The highest BCUT2D eigenvalue weighted by atomic mass is 16.1. The summed E-state index contributed by atoms with van der Waals surface area (Å²) in [4.78, 5) is 10.8. The molecule has 0 aliphatic heterocycles. The maximum atomic E-state index is 10.8. The third-order valence-electron chi connectivity index (χ3n) is 1.52. The minimum absolute atomic E-state index is 0.170. The fraction of sp³-hybridized carbons (Fsp3) is 0.500. The summed E-state index contributed by atoms with van der Waals surface area (Å²) >= 11 is 0. The molecule has 0 unspecified atom stereocenters. The Morgan fingerprint density at radius 2 is 2.50 bits per heavy atom. The topological polar surface area (TPSA) is 57.8 Å². The van der Waals surface area contributed by atoms with Crippen LogP contribution in [0, 0.1) is 0 Å². The molecule has 0 radical (unpaired) electrons. The standard InChI is InChI=1S/C8H13N3O/c1-2-3-4-9-7-5-8(12)11-10-6-7/h5-6H,2-4H2,1H3,(H2,9,11,12). The molecule has 4 nitrogen and oxygen atoms in total. The van der Waals surface area contributed by atoms with Gasteiger partial charge in [-0.25, -0.2) is 5.10 Å². The first-order valence-electron chi connectivity index (χ1n) is 4.11. The lowest BCUT2D eigenvalue weighted by Gasteiger charge is -2.02. The molecule has 1 heterocycles. The van der Waals surface area contributed by atoms with Crippen molar-refractivity contribution in [3.05, 3.63) is 22.6 Å². The van der Waals surface area contributed by atoms with E-state index in [2.05, 4.69) is 22.4 Å². The van der Waals surface area contributed by atoms with E-state index >= 15 is 0 Å². The van der Waals surface area contributed by atoms with Crippen LogP contribution in [0.5, 0.6) is 0 Å². The molecule has 2 N–H and O–H groups in total. The average Bonchev–Trinajstić information content (AvgIpc) is 2.05. The first kappa shape index (κ1) is 8.77. The molecule has 0 aliphatic rings. The van der Waals surface area contributed by atoms with E-state index in [0.29, 0.717) is 0 Å². The van der Waals surface area contributed by atoms with E-state index in [1.54, 1.807) is 6.20 Å². The van der Waals surface area contributed by atoms with Crippen molar-refractivity contribution in [2.24, 2.45) is 0 Å². The molecule has 66 valence electrons. The lowest BCUT2D eigenvalue weighted by molar-refractivity contribution is 0.832. The molecule has 0 bridgehead atoms. The van der Waals surface area contributed by atoms with Crippen molar-refractivity contribution in [2.45, 2.75) is 19.8 Å². The Morgan fingerprint density at radius 1 is 1.67 bits per heavy atom. The Bertz CT molecular complexity index is 282. The summed E-state index contributed by atoms with van der Waals surface area (Å²) in [5.41, 5.74) is 0.615. The van der Waals surface area contributed by atoms with Gasteiger partial charge in [0.1, 0.15) is 0 Å². The minimum atomic E-state index is -0.170. The van der Waals surface area contributed by atoms with Crippen LogP contribution in [-0.2, 0) is 0 Å². The van der Waals surface area contributed by atoms with Crippen molar-refractivity contribution >= 4 is 5.69 Å². The Kier molecular flexibility index (Phi) is 3.32. The average molecular weight is 167 g/mol. The van der Waals surface area contributed by atoms with E-state index in [4.69, 9.17) is 0 Å². The number of H-pyrrole nitrogens is 1. The molecule has 1 rings (SSSR count). The van der Waals surface area contributed by atoms with E-state index in [1.165, 1.54) is 6.07 Å². The van der Waals surface area contributed by atoms with Gasteiger partial charge in [0, 0.05) is 12.6 Å². The summed E-state index contributed by atoms with van der Waals surface area (Å²) in [7, 11) is 0. The zero-order valence-corrected chi connectivity index (χ0v) is 7.13. The molecule has 0 amide bonds. The maximum Gasteiger partial charge on any atom is 0.266 e. The van der Waals surface area contributed by atoms with Gasteiger partial charge in [0.05, 0.1) is 11.9 Å². The van der Waals surface area contributed by atoms with Crippen LogP contribution < -0.4 is 10.9 Å². The Balaban J connectivity index is 2.47. The first-order chi connectivity index (χ1) is 5.83. The number of anilines is 1. The summed E-state index contributed by atoms with van der Waals surface area (Å²) < 4.78 is 0. The highest BCUT2D eigenvalue weighted by molar-refractivity contribution is 5.38. The smallest absolute Gasteiger partial charge is 0.266 e. The normalized spacial score (nSPS) is 9.75. The molecule has 1 aromatic rings. The highest BCUT2D eigenvalue weighted by Crippen LogP contribution is 1.98. The molecule has 0 fully saturated rings. The predicted molar refractivity (Wildman–Crippen MR) is 48.3 cm³/mol. The van der Waals surface area contributed by atoms with Gasteiger partial charge in [0.15, 0.2) is 0 Å². The number of aromatic nitrogens is 2. The van der Waals surface area contributed by atoms with Crippen molar-refractivity contribution in [3.63, 3.8) is 0 Å². The SMILES string of the molecule is CCCCNc1cn[nH]c(=O)c1. The fourth-order valence-electron chi connectivity index (χ4n) is 0.882. The molecule has 0 spiro atoms. The van der Waals surface area contributed by atoms with E-state index < -0.39 is 0 Å². The van der Waals surface area contributed by atoms with Crippen LogP contribution in [0.4, 0.5) is 5.69 Å². The van der Waals surface area contributed by atoms with Gasteiger partial charge in [-0.2, -0.15) is 5.10 Å². The summed E-state index contributed by atoms with van der Waals surface area (Å²) in [5, 5.41) is 9.08. The second-order valence-electron chi connectivity index (χ2n) is 2.61. The maximum absolute atomic E-state index is 10.8. The molecule has 0 saturated heterocycles. The Hall–Kier alpha value is -1.32.